The molecular weight excluding hydrogens is 322 g/mol. The van der Waals surface area contributed by atoms with Crippen LogP contribution < -0.4 is 5.32 Å². The molecule has 0 unspecified atom stereocenters. The van der Waals surface area contributed by atoms with Crippen LogP contribution in [0.2, 0.25) is 0 Å². The Morgan fingerprint density at radius 2 is 2.00 bits per heavy atom. The number of H-pyrrole nitrogens is 1. The van der Waals surface area contributed by atoms with Crippen LogP contribution in [0.3, 0.4) is 0 Å². The monoisotopic (exact) mass is 343 g/mol. The summed E-state index contributed by atoms with van der Waals surface area (Å²) in [4.78, 5) is 7.53. The lowest BCUT2D eigenvalue weighted by molar-refractivity contribution is 0.745. The van der Waals surface area contributed by atoms with Gasteiger partial charge < -0.3 is 10.3 Å². The molecule has 5 nitrogen and oxygen atoms in total. The summed E-state index contributed by atoms with van der Waals surface area (Å²) in [6.07, 6.45) is 6.34. The summed E-state index contributed by atoms with van der Waals surface area (Å²) in [5.41, 5.74) is 5.81. The van der Waals surface area contributed by atoms with Gasteiger partial charge in [0, 0.05) is 43.4 Å². The maximum Gasteiger partial charge on any atom is 0.137 e. The maximum absolute atomic E-state index is 4.61. The summed E-state index contributed by atoms with van der Waals surface area (Å²) in [6.45, 7) is 0.791. The van der Waals surface area contributed by atoms with E-state index in [2.05, 4.69) is 62.8 Å². The molecule has 0 amide bonds. The van der Waals surface area contributed by atoms with Gasteiger partial charge in [-0.15, -0.1) is 0 Å². The predicted octanol–water partition coefficient (Wildman–Crippen LogP) is 4.45. The van der Waals surface area contributed by atoms with Gasteiger partial charge in [-0.1, -0.05) is 24.3 Å². The largest absolute Gasteiger partial charge is 0.366 e. The number of hydrogen-bond acceptors (Lipinski definition) is 3. The molecule has 0 aliphatic heterocycles. The van der Waals surface area contributed by atoms with Crippen LogP contribution in [0.5, 0.6) is 0 Å². The van der Waals surface area contributed by atoms with Crippen LogP contribution in [-0.2, 0) is 13.6 Å². The zero-order valence-corrected chi connectivity index (χ0v) is 14.7. The molecule has 1 aliphatic rings. The van der Waals surface area contributed by atoms with E-state index in [1.807, 2.05) is 24.1 Å². The van der Waals surface area contributed by atoms with Crippen molar-refractivity contribution < 1.29 is 0 Å². The highest BCUT2D eigenvalue weighted by molar-refractivity contribution is 5.92. The fourth-order valence-corrected chi connectivity index (χ4v) is 3.44. The smallest absolute Gasteiger partial charge is 0.137 e. The molecule has 3 aromatic heterocycles. The molecule has 1 fully saturated rings. The number of aromatic amines is 1. The van der Waals surface area contributed by atoms with E-state index in [0.29, 0.717) is 5.92 Å². The molecule has 4 aromatic rings. The Balaban J connectivity index is 1.33. The Morgan fingerprint density at radius 3 is 2.81 bits per heavy atom. The molecule has 1 saturated carbocycles. The van der Waals surface area contributed by atoms with E-state index in [4.69, 9.17) is 0 Å². The summed E-state index contributed by atoms with van der Waals surface area (Å²) >= 11 is 0. The Bertz CT molecular complexity index is 1050. The number of fused-ring (bicyclic) bond motifs is 1. The van der Waals surface area contributed by atoms with Gasteiger partial charge in [-0.25, -0.2) is 4.98 Å². The number of pyridine rings is 1. The van der Waals surface area contributed by atoms with Gasteiger partial charge in [0.2, 0.25) is 0 Å². The zero-order chi connectivity index (χ0) is 17.5. The second-order valence-electron chi connectivity index (χ2n) is 7.00. The topological polar surface area (TPSA) is 58.5 Å². The first-order chi connectivity index (χ1) is 12.8. The van der Waals surface area contributed by atoms with Gasteiger partial charge in [0.15, 0.2) is 0 Å². The standard InChI is InChI=1S/C21H21N5/c1-26-20(12-19(25-26)16-6-7-16)24-13-14-2-4-15(5-3-14)17-8-10-22-21-18(17)9-11-23-21/h2-5,8-12,16,24H,6-7,13H2,1H3,(H,22,23). The molecule has 0 spiro atoms. The highest BCUT2D eigenvalue weighted by atomic mass is 15.3. The molecule has 26 heavy (non-hydrogen) atoms. The van der Waals surface area contributed by atoms with Gasteiger partial charge in [-0.2, -0.15) is 5.10 Å². The fourth-order valence-electron chi connectivity index (χ4n) is 3.44. The van der Waals surface area contributed by atoms with Gasteiger partial charge in [0.25, 0.3) is 0 Å². The minimum atomic E-state index is 0.682. The fraction of sp³-hybridized carbons (Fsp3) is 0.238. The second kappa shape index (κ2) is 6.02. The molecule has 0 saturated heterocycles. The number of anilines is 1. The Morgan fingerprint density at radius 1 is 1.15 bits per heavy atom. The van der Waals surface area contributed by atoms with Crippen LogP contribution in [0, 0.1) is 0 Å². The zero-order valence-electron chi connectivity index (χ0n) is 14.7. The maximum atomic E-state index is 4.61. The van der Waals surface area contributed by atoms with Crippen molar-refractivity contribution in [3.8, 4) is 11.1 Å². The molecule has 0 bridgehead atoms. The highest BCUT2D eigenvalue weighted by Crippen LogP contribution is 2.40. The lowest BCUT2D eigenvalue weighted by atomic mass is 10.0. The van der Waals surface area contributed by atoms with Crippen molar-refractivity contribution in [2.75, 3.05) is 5.32 Å². The van der Waals surface area contributed by atoms with Gasteiger partial charge >= 0.3 is 0 Å². The first-order valence-electron chi connectivity index (χ1n) is 9.07. The molecule has 1 aliphatic carbocycles. The summed E-state index contributed by atoms with van der Waals surface area (Å²) in [7, 11) is 2.00. The average molecular weight is 343 g/mol. The van der Waals surface area contributed by atoms with E-state index < -0.39 is 0 Å². The van der Waals surface area contributed by atoms with E-state index in [1.54, 1.807) is 0 Å². The van der Waals surface area contributed by atoms with E-state index in [1.165, 1.54) is 35.2 Å². The van der Waals surface area contributed by atoms with Crippen LogP contribution in [0.4, 0.5) is 5.82 Å². The summed E-state index contributed by atoms with van der Waals surface area (Å²) in [6, 6.07) is 15.0. The van der Waals surface area contributed by atoms with Crippen LogP contribution in [0.15, 0.2) is 54.9 Å². The van der Waals surface area contributed by atoms with Gasteiger partial charge in [0.1, 0.15) is 11.5 Å². The SMILES string of the molecule is Cn1nc(C2CC2)cc1NCc1ccc(-c2ccnc3[nH]ccc23)cc1. The molecule has 0 radical (unpaired) electrons. The Labute approximate surface area is 152 Å². The van der Waals surface area contributed by atoms with Crippen molar-refractivity contribution in [2.45, 2.75) is 25.3 Å². The number of nitrogens with one attached hydrogen (secondary N) is 2. The van der Waals surface area contributed by atoms with Crippen molar-refractivity contribution >= 4 is 16.9 Å². The summed E-state index contributed by atoms with van der Waals surface area (Å²) in [5, 5.41) is 9.26. The molecule has 130 valence electrons. The minimum Gasteiger partial charge on any atom is -0.366 e. The van der Waals surface area contributed by atoms with Crippen LogP contribution in [0.25, 0.3) is 22.2 Å². The lowest BCUT2D eigenvalue weighted by Gasteiger charge is -2.08. The molecular formula is C21H21N5. The minimum absolute atomic E-state index is 0.682. The highest BCUT2D eigenvalue weighted by Gasteiger charge is 2.26. The average Bonchev–Trinajstić information content (AvgIpc) is 3.29. The van der Waals surface area contributed by atoms with Crippen molar-refractivity contribution in [3.05, 3.63) is 66.1 Å². The molecule has 3 heterocycles. The third kappa shape index (κ3) is 2.75. The molecule has 2 N–H and O–H groups in total. The number of aryl methyl sites for hydroxylation is 1. The lowest BCUT2D eigenvalue weighted by Crippen LogP contribution is -2.04. The van der Waals surface area contributed by atoms with Crippen molar-refractivity contribution in [2.24, 2.45) is 7.05 Å². The van der Waals surface area contributed by atoms with Crippen molar-refractivity contribution in [1.29, 1.82) is 0 Å². The predicted molar refractivity (Wildman–Crippen MR) is 104 cm³/mol. The molecule has 0 atom stereocenters. The van der Waals surface area contributed by atoms with E-state index in [9.17, 15) is 0 Å². The number of nitrogens with zero attached hydrogens (tertiary/aromatic N) is 3. The van der Waals surface area contributed by atoms with Gasteiger partial charge in [-0.3, -0.25) is 4.68 Å². The normalized spacial score (nSPS) is 14.0. The Kier molecular flexibility index (Phi) is 3.52. The molecule has 5 rings (SSSR count). The summed E-state index contributed by atoms with van der Waals surface area (Å²) < 4.78 is 1.95. The van der Waals surface area contributed by atoms with Gasteiger partial charge in [-0.05, 0) is 41.7 Å². The summed E-state index contributed by atoms with van der Waals surface area (Å²) in [5.74, 6) is 1.76. The second-order valence-corrected chi connectivity index (χ2v) is 7.00. The third-order valence-electron chi connectivity index (χ3n) is 5.09. The van der Waals surface area contributed by atoms with Crippen LogP contribution in [-0.4, -0.2) is 19.7 Å². The molecule has 1 aromatic carbocycles. The number of benzene rings is 1. The van der Waals surface area contributed by atoms with E-state index >= 15 is 0 Å². The first-order valence-corrected chi connectivity index (χ1v) is 9.07. The third-order valence-corrected chi connectivity index (χ3v) is 5.09. The van der Waals surface area contributed by atoms with E-state index in [-0.39, 0.29) is 0 Å². The van der Waals surface area contributed by atoms with E-state index in [0.717, 1.165) is 23.4 Å². The quantitative estimate of drug-likeness (QED) is 0.563. The van der Waals surface area contributed by atoms with Gasteiger partial charge in [0.05, 0.1) is 5.69 Å². The van der Waals surface area contributed by atoms with Crippen molar-refractivity contribution in [1.82, 2.24) is 19.7 Å². The number of aromatic nitrogens is 4. The van der Waals surface area contributed by atoms with Crippen molar-refractivity contribution in [3.63, 3.8) is 0 Å². The molecule has 5 heteroatoms. The first kappa shape index (κ1) is 15.2. The number of rotatable bonds is 5. The Hall–Kier alpha value is -3.08. The van der Waals surface area contributed by atoms with Crippen LogP contribution >= 0.6 is 0 Å². The van der Waals surface area contributed by atoms with Crippen LogP contribution in [0.1, 0.15) is 30.0 Å². The number of hydrogen-bond donors (Lipinski definition) is 2.